The first-order chi connectivity index (χ1) is 4.43. The van der Waals surface area contributed by atoms with Crippen molar-refractivity contribution in [3.8, 4) is 0 Å². The Morgan fingerprint density at radius 2 is 2.11 bits per heavy atom. The van der Waals surface area contributed by atoms with Gasteiger partial charge in [-0.1, -0.05) is 0 Å². The van der Waals surface area contributed by atoms with E-state index < -0.39 is 0 Å². The Kier molecular flexibility index (Phi) is 2.12. The Labute approximate surface area is 53.1 Å². The van der Waals surface area contributed by atoms with Gasteiger partial charge in [-0.2, -0.15) is 0 Å². The molecule has 0 aliphatic carbocycles. The fourth-order valence-electron chi connectivity index (χ4n) is 0.539. The van der Waals surface area contributed by atoms with E-state index in [9.17, 15) is 0 Å². The van der Waals surface area contributed by atoms with Crippen molar-refractivity contribution in [2.75, 3.05) is 0 Å². The molecule has 1 heterocycles. The number of nitrogens with two attached hydrogens (primary N) is 1. The summed E-state index contributed by atoms with van der Waals surface area (Å²) in [5.74, 6) is 5.05. The summed E-state index contributed by atoms with van der Waals surface area (Å²) in [4.78, 5) is 7.59. The van der Waals surface area contributed by atoms with Crippen molar-refractivity contribution >= 4 is 0 Å². The molecule has 0 bridgehead atoms. The zero-order valence-corrected chi connectivity index (χ0v) is 4.91. The predicted octanol–water partition coefficient (Wildman–Crippen LogP) is -0.560. The lowest BCUT2D eigenvalue weighted by Gasteiger charge is -1.94. The predicted molar refractivity (Wildman–Crippen MR) is 33.1 cm³/mol. The first-order valence-corrected chi connectivity index (χ1v) is 2.61. The molecule has 0 atom stereocenters. The normalized spacial score (nSPS) is 9.44. The van der Waals surface area contributed by atoms with Crippen LogP contribution in [0.4, 0.5) is 0 Å². The fourth-order valence-corrected chi connectivity index (χ4v) is 0.539. The highest BCUT2D eigenvalue weighted by Gasteiger charge is 1.86. The van der Waals surface area contributed by atoms with Crippen LogP contribution in [0.15, 0.2) is 18.7 Å². The number of hydrogen-bond acceptors (Lipinski definition) is 4. The summed E-state index contributed by atoms with van der Waals surface area (Å²) in [6.07, 6.45) is 4.92. The maximum atomic E-state index is 5.05. The molecule has 1 aromatic rings. The molecule has 9 heavy (non-hydrogen) atoms. The molecule has 3 N–H and O–H groups in total. The number of nitrogens with zero attached hydrogens (tertiary/aromatic N) is 2. The second-order valence-electron chi connectivity index (χ2n) is 1.63. The van der Waals surface area contributed by atoms with Crippen LogP contribution in [0.5, 0.6) is 0 Å². The molecular weight excluding hydrogens is 116 g/mol. The van der Waals surface area contributed by atoms with Crippen LogP contribution in [0.3, 0.4) is 0 Å². The number of hydrazine groups is 1. The van der Waals surface area contributed by atoms with Gasteiger partial charge in [0.05, 0.1) is 0 Å². The molecule has 0 aliphatic rings. The maximum absolute atomic E-state index is 5.05. The highest BCUT2D eigenvalue weighted by atomic mass is 15.2. The van der Waals surface area contributed by atoms with Gasteiger partial charge < -0.3 is 0 Å². The van der Waals surface area contributed by atoms with Crippen LogP contribution in [-0.4, -0.2) is 9.97 Å². The molecule has 4 heteroatoms. The number of aromatic nitrogens is 2. The second-order valence-corrected chi connectivity index (χ2v) is 1.63. The summed E-state index contributed by atoms with van der Waals surface area (Å²) in [6, 6.07) is 0. The summed E-state index contributed by atoms with van der Waals surface area (Å²) in [6.45, 7) is 0.612. The molecule has 0 aliphatic heterocycles. The zero-order valence-electron chi connectivity index (χ0n) is 4.91. The van der Waals surface area contributed by atoms with Gasteiger partial charge in [-0.15, -0.1) is 0 Å². The van der Waals surface area contributed by atoms with Gasteiger partial charge in [0.15, 0.2) is 0 Å². The Morgan fingerprint density at radius 1 is 1.44 bits per heavy atom. The number of nitrogens with one attached hydrogen (secondary N) is 1. The largest absolute Gasteiger partial charge is 0.271 e. The van der Waals surface area contributed by atoms with Gasteiger partial charge in [-0.3, -0.25) is 11.3 Å². The van der Waals surface area contributed by atoms with Crippen molar-refractivity contribution in [3.05, 3.63) is 24.3 Å². The minimum atomic E-state index is 0.612. The standard InChI is InChI=1S/C5H8N4/c6-9-3-5-1-7-4-8-2-5/h1-2,4,9H,3,6H2. The van der Waals surface area contributed by atoms with E-state index in [4.69, 9.17) is 5.84 Å². The van der Waals surface area contributed by atoms with Crippen molar-refractivity contribution in [1.82, 2.24) is 15.4 Å². The van der Waals surface area contributed by atoms with Gasteiger partial charge >= 0.3 is 0 Å². The zero-order chi connectivity index (χ0) is 6.53. The third-order valence-corrected chi connectivity index (χ3v) is 0.920. The lowest BCUT2D eigenvalue weighted by molar-refractivity contribution is 0.734. The second kappa shape index (κ2) is 3.11. The molecule has 0 radical (unpaired) electrons. The molecule has 0 saturated heterocycles. The highest BCUT2D eigenvalue weighted by Crippen LogP contribution is 1.88. The molecule has 1 rings (SSSR count). The SMILES string of the molecule is NNCc1cncnc1. The monoisotopic (exact) mass is 124 g/mol. The Hall–Kier alpha value is -1.00. The Bertz CT molecular complexity index is 162. The van der Waals surface area contributed by atoms with E-state index in [1.54, 1.807) is 12.4 Å². The number of rotatable bonds is 2. The Morgan fingerprint density at radius 3 is 2.67 bits per heavy atom. The molecule has 0 saturated carbocycles. The van der Waals surface area contributed by atoms with Crippen molar-refractivity contribution in [2.24, 2.45) is 5.84 Å². The van der Waals surface area contributed by atoms with Gasteiger partial charge in [0.2, 0.25) is 0 Å². The van der Waals surface area contributed by atoms with E-state index in [0.29, 0.717) is 6.54 Å². The van der Waals surface area contributed by atoms with Crippen LogP contribution in [0.2, 0.25) is 0 Å². The molecule has 0 amide bonds. The fraction of sp³-hybridized carbons (Fsp3) is 0.200. The van der Waals surface area contributed by atoms with E-state index in [1.807, 2.05) is 0 Å². The van der Waals surface area contributed by atoms with Gasteiger partial charge in [0.1, 0.15) is 6.33 Å². The topological polar surface area (TPSA) is 63.8 Å². The molecule has 0 fully saturated rings. The maximum Gasteiger partial charge on any atom is 0.115 e. The quantitative estimate of drug-likeness (QED) is 0.409. The van der Waals surface area contributed by atoms with Crippen LogP contribution >= 0.6 is 0 Å². The molecule has 0 spiro atoms. The minimum Gasteiger partial charge on any atom is -0.271 e. The van der Waals surface area contributed by atoms with E-state index in [2.05, 4.69) is 15.4 Å². The highest BCUT2D eigenvalue weighted by molar-refractivity contribution is 5.00. The summed E-state index contributed by atoms with van der Waals surface area (Å²) in [5.41, 5.74) is 3.49. The van der Waals surface area contributed by atoms with Crippen LogP contribution in [0.25, 0.3) is 0 Å². The first kappa shape index (κ1) is 6.12. The summed E-state index contributed by atoms with van der Waals surface area (Å²) >= 11 is 0. The molecule has 1 aromatic heterocycles. The lowest BCUT2D eigenvalue weighted by Crippen LogP contribution is -2.20. The average molecular weight is 124 g/mol. The third-order valence-electron chi connectivity index (χ3n) is 0.920. The van der Waals surface area contributed by atoms with E-state index in [-0.39, 0.29) is 0 Å². The molecule has 0 aromatic carbocycles. The first-order valence-electron chi connectivity index (χ1n) is 2.61. The van der Waals surface area contributed by atoms with Crippen molar-refractivity contribution in [2.45, 2.75) is 6.54 Å². The van der Waals surface area contributed by atoms with Gasteiger partial charge in [0, 0.05) is 24.5 Å². The average Bonchev–Trinajstić information content (AvgIpc) is 1.91. The molecule has 48 valence electrons. The van der Waals surface area contributed by atoms with E-state index in [1.165, 1.54) is 6.33 Å². The summed E-state index contributed by atoms with van der Waals surface area (Å²) in [7, 11) is 0. The van der Waals surface area contributed by atoms with Crippen LogP contribution in [0.1, 0.15) is 5.56 Å². The van der Waals surface area contributed by atoms with E-state index in [0.717, 1.165) is 5.56 Å². The van der Waals surface area contributed by atoms with Gasteiger partial charge in [-0.05, 0) is 0 Å². The smallest absolute Gasteiger partial charge is 0.115 e. The van der Waals surface area contributed by atoms with Crippen molar-refractivity contribution < 1.29 is 0 Å². The van der Waals surface area contributed by atoms with Crippen molar-refractivity contribution in [1.29, 1.82) is 0 Å². The van der Waals surface area contributed by atoms with Crippen LogP contribution < -0.4 is 11.3 Å². The molecule has 4 nitrogen and oxygen atoms in total. The third kappa shape index (κ3) is 1.75. The minimum absolute atomic E-state index is 0.612. The summed E-state index contributed by atoms with van der Waals surface area (Å²) in [5, 5.41) is 0. The van der Waals surface area contributed by atoms with Crippen LogP contribution in [0, 0.1) is 0 Å². The van der Waals surface area contributed by atoms with Crippen molar-refractivity contribution in [3.63, 3.8) is 0 Å². The molecular formula is C5H8N4. The lowest BCUT2D eigenvalue weighted by atomic mass is 10.3. The van der Waals surface area contributed by atoms with Gasteiger partial charge in [-0.25, -0.2) is 9.97 Å². The number of hydrogen-bond donors (Lipinski definition) is 2. The summed E-state index contributed by atoms with van der Waals surface area (Å²) < 4.78 is 0. The Balaban J connectivity index is 2.61. The van der Waals surface area contributed by atoms with Gasteiger partial charge in [0.25, 0.3) is 0 Å². The van der Waals surface area contributed by atoms with Crippen LogP contribution in [-0.2, 0) is 6.54 Å². The van der Waals surface area contributed by atoms with E-state index >= 15 is 0 Å². The molecule has 0 unspecified atom stereocenters.